The van der Waals surface area contributed by atoms with Gasteiger partial charge in [-0.2, -0.15) is 0 Å². The van der Waals surface area contributed by atoms with Crippen LogP contribution >= 0.6 is 27.3 Å². The number of hydrogen-bond acceptors (Lipinski definition) is 4. The van der Waals surface area contributed by atoms with Gasteiger partial charge in [-0.25, -0.2) is 4.79 Å². The Morgan fingerprint density at radius 1 is 1.28 bits per heavy atom. The maximum absolute atomic E-state index is 12.2. The first kappa shape index (κ1) is 13.0. The molecule has 18 heavy (non-hydrogen) atoms. The van der Waals surface area contributed by atoms with Gasteiger partial charge >= 0.3 is 5.69 Å². The summed E-state index contributed by atoms with van der Waals surface area (Å²) in [4.78, 5) is 36.0. The zero-order chi connectivity index (χ0) is 13.4. The summed E-state index contributed by atoms with van der Waals surface area (Å²) >= 11 is 4.51. The molecule has 7 heteroatoms. The first-order chi connectivity index (χ1) is 8.41. The molecule has 0 radical (unpaired) electrons. The third-order valence-corrected chi connectivity index (χ3v) is 4.11. The van der Waals surface area contributed by atoms with E-state index in [1.54, 1.807) is 12.1 Å². The van der Waals surface area contributed by atoms with Crippen LogP contribution in [-0.4, -0.2) is 14.9 Å². The monoisotopic (exact) mass is 328 g/mol. The number of aromatic nitrogens is 2. The van der Waals surface area contributed by atoms with Crippen LogP contribution in [0.1, 0.15) is 15.2 Å². The second-order valence-corrected chi connectivity index (χ2v) is 6.20. The summed E-state index contributed by atoms with van der Waals surface area (Å²) in [6.45, 7) is 0. The highest BCUT2D eigenvalue weighted by Gasteiger charge is 2.17. The quantitative estimate of drug-likeness (QED) is 0.777. The smallest absolute Gasteiger partial charge is 0.303 e. The van der Waals surface area contributed by atoms with Crippen LogP contribution in [0.5, 0.6) is 0 Å². The molecule has 2 heterocycles. The predicted molar refractivity (Wildman–Crippen MR) is 72.4 cm³/mol. The van der Waals surface area contributed by atoms with Gasteiger partial charge in [-0.3, -0.25) is 14.2 Å². The lowest BCUT2D eigenvalue weighted by atomic mass is 10.2. The van der Waals surface area contributed by atoms with E-state index in [1.165, 1.54) is 36.2 Å². The summed E-state index contributed by atoms with van der Waals surface area (Å²) in [7, 11) is 2.86. The van der Waals surface area contributed by atoms with E-state index in [9.17, 15) is 14.4 Å². The molecule has 0 N–H and O–H groups in total. The molecule has 0 amide bonds. The maximum atomic E-state index is 12.2. The summed E-state index contributed by atoms with van der Waals surface area (Å²) in [5.74, 6) is -0.373. The van der Waals surface area contributed by atoms with Crippen LogP contribution in [0.15, 0.2) is 31.7 Å². The van der Waals surface area contributed by atoms with Crippen molar-refractivity contribution in [2.45, 2.75) is 0 Å². The van der Waals surface area contributed by atoms with Gasteiger partial charge in [-0.15, -0.1) is 11.3 Å². The molecule has 2 rings (SSSR count). The first-order valence-electron chi connectivity index (χ1n) is 4.98. The van der Waals surface area contributed by atoms with Crippen LogP contribution < -0.4 is 11.2 Å². The zero-order valence-corrected chi connectivity index (χ0v) is 12.0. The van der Waals surface area contributed by atoms with Gasteiger partial charge < -0.3 is 4.57 Å². The average molecular weight is 329 g/mol. The molecule has 94 valence electrons. The van der Waals surface area contributed by atoms with Crippen LogP contribution in [0.2, 0.25) is 0 Å². The van der Waals surface area contributed by atoms with E-state index in [2.05, 4.69) is 15.9 Å². The van der Waals surface area contributed by atoms with Crippen molar-refractivity contribution >= 4 is 33.0 Å². The minimum Gasteiger partial charge on any atom is -0.303 e. The van der Waals surface area contributed by atoms with Crippen LogP contribution in [0.25, 0.3) is 0 Å². The number of nitrogens with zero attached hydrogens (tertiary/aromatic N) is 2. The van der Waals surface area contributed by atoms with Crippen molar-refractivity contribution in [1.82, 2.24) is 9.13 Å². The Bertz CT molecular complexity index is 741. The number of aryl methyl sites for hydroxylation is 1. The summed E-state index contributed by atoms with van der Waals surface area (Å²) < 4.78 is 2.96. The number of hydrogen-bond donors (Lipinski definition) is 0. The highest BCUT2D eigenvalue weighted by Crippen LogP contribution is 2.23. The molecule has 0 aliphatic carbocycles. The second kappa shape index (κ2) is 4.66. The first-order valence-corrected chi connectivity index (χ1v) is 6.59. The third kappa shape index (κ3) is 2.11. The fourth-order valence-corrected chi connectivity index (χ4v) is 2.87. The third-order valence-electron chi connectivity index (χ3n) is 2.49. The van der Waals surface area contributed by atoms with E-state index in [0.717, 1.165) is 8.35 Å². The van der Waals surface area contributed by atoms with Crippen molar-refractivity contribution in [2.75, 3.05) is 0 Å². The van der Waals surface area contributed by atoms with Gasteiger partial charge in [0.05, 0.1) is 8.66 Å². The Morgan fingerprint density at radius 3 is 2.50 bits per heavy atom. The Morgan fingerprint density at radius 2 is 1.94 bits per heavy atom. The Labute approximate surface area is 114 Å². The second-order valence-electron chi connectivity index (χ2n) is 3.73. The summed E-state index contributed by atoms with van der Waals surface area (Å²) in [5, 5.41) is 0. The summed E-state index contributed by atoms with van der Waals surface area (Å²) in [6, 6.07) is 3.38. The highest BCUT2D eigenvalue weighted by molar-refractivity contribution is 9.11. The van der Waals surface area contributed by atoms with Gasteiger partial charge in [-0.05, 0) is 28.1 Å². The molecule has 0 atom stereocenters. The van der Waals surface area contributed by atoms with Gasteiger partial charge in [-0.1, -0.05) is 0 Å². The highest BCUT2D eigenvalue weighted by atomic mass is 79.9. The number of ketones is 1. The minimum atomic E-state index is -0.576. The molecule has 0 unspecified atom stereocenters. The van der Waals surface area contributed by atoms with Crippen molar-refractivity contribution in [3.05, 3.63) is 53.4 Å². The predicted octanol–water partition coefficient (Wildman–Crippen LogP) is 1.14. The van der Waals surface area contributed by atoms with Gasteiger partial charge in [0.2, 0.25) is 5.78 Å². The van der Waals surface area contributed by atoms with Gasteiger partial charge in [0.1, 0.15) is 5.56 Å². The molecule has 0 spiro atoms. The molecule has 0 saturated carbocycles. The van der Waals surface area contributed by atoms with Crippen molar-refractivity contribution in [2.24, 2.45) is 14.1 Å². The molecule has 0 aliphatic rings. The standard InChI is InChI=1S/C11H9BrN2O3S/c1-13-5-6(10(16)14(2)11(13)17)9(15)7-3-4-8(12)18-7/h3-5H,1-2H3. The maximum Gasteiger partial charge on any atom is 0.330 e. The van der Waals surface area contributed by atoms with Crippen molar-refractivity contribution in [1.29, 1.82) is 0 Å². The van der Waals surface area contributed by atoms with Crippen LogP contribution in [0.3, 0.4) is 0 Å². The average Bonchev–Trinajstić information content (AvgIpc) is 2.77. The lowest BCUT2D eigenvalue weighted by Gasteiger charge is -2.04. The van der Waals surface area contributed by atoms with E-state index < -0.39 is 11.2 Å². The Balaban J connectivity index is 2.63. The molecule has 0 bridgehead atoms. The fraction of sp³-hybridized carbons (Fsp3) is 0.182. The van der Waals surface area contributed by atoms with Crippen LogP contribution in [0, 0.1) is 0 Å². The minimum absolute atomic E-state index is 0.00560. The zero-order valence-electron chi connectivity index (χ0n) is 9.64. The summed E-state index contributed by atoms with van der Waals surface area (Å²) in [5.41, 5.74) is -1.04. The SMILES string of the molecule is Cn1cc(C(=O)c2ccc(Br)s2)c(=O)n(C)c1=O. The Hall–Kier alpha value is -1.47. The lowest BCUT2D eigenvalue weighted by Crippen LogP contribution is -2.39. The van der Waals surface area contributed by atoms with Gasteiger partial charge in [0.25, 0.3) is 5.56 Å². The van der Waals surface area contributed by atoms with Crippen molar-refractivity contribution in [3.8, 4) is 0 Å². The molecule has 2 aromatic heterocycles. The number of thiophene rings is 1. The number of carbonyl (C=O) groups excluding carboxylic acids is 1. The van der Waals surface area contributed by atoms with Crippen LogP contribution in [0.4, 0.5) is 0 Å². The molecule has 0 fully saturated rings. The topological polar surface area (TPSA) is 61.1 Å². The fourth-order valence-electron chi connectivity index (χ4n) is 1.53. The molecule has 0 saturated heterocycles. The Kier molecular flexibility index (Phi) is 3.36. The summed E-state index contributed by atoms with van der Waals surface area (Å²) in [6.07, 6.45) is 1.28. The molecule has 2 aromatic rings. The lowest BCUT2D eigenvalue weighted by molar-refractivity contribution is 0.103. The number of halogens is 1. The molecule has 5 nitrogen and oxygen atoms in total. The van der Waals surface area contributed by atoms with Crippen molar-refractivity contribution in [3.63, 3.8) is 0 Å². The normalized spacial score (nSPS) is 10.6. The molecule has 0 aromatic carbocycles. The van der Waals surface area contributed by atoms with E-state index in [0.29, 0.717) is 4.88 Å². The molecular weight excluding hydrogens is 320 g/mol. The number of carbonyl (C=O) groups is 1. The van der Waals surface area contributed by atoms with Crippen LogP contribution in [-0.2, 0) is 14.1 Å². The van der Waals surface area contributed by atoms with Crippen molar-refractivity contribution < 1.29 is 4.79 Å². The van der Waals surface area contributed by atoms with E-state index in [4.69, 9.17) is 0 Å². The van der Waals surface area contributed by atoms with E-state index in [-0.39, 0.29) is 11.3 Å². The van der Waals surface area contributed by atoms with E-state index >= 15 is 0 Å². The molecular formula is C11H9BrN2O3S. The largest absolute Gasteiger partial charge is 0.330 e. The number of rotatable bonds is 2. The van der Waals surface area contributed by atoms with Gasteiger partial charge in [0, 0.05) is 20.3 Å². The van der Waals surface area contributed by atoms with E-state index in [1.807, 2.05) is 0 Å². The van der Waals surface area contributed by atoms with Gasteiger partial charge in [0.15, 0.2) is 0 Å². The molecule has 0 aliphatic heterocycles.